The number of H-pyrrole nitrogens is 1. The first kappa shape index (κ1) is 16.6. The van der Waals surface area contributed by atoms with E-state index < -0.39 is 0 Å². The van der Waals surface area contributed by atoms with Gasteiger partial charge in [0.2, 0.25) is 0 Å². The van der Waals surface area contributed by atoms with E-state index in [2.05, 4.69) is 84.7 Å². The number of benzene rings is 3. The molecular formula is C24H22N2S. The molecule has 0 radical (unpaired) electrons. The van der Waals surface area contributed by atoms with Gasteiger partial charge in [-0.2, -0.15) is 0 Å². The first-order valence-corrected chi connectivity index (χ1v) is 10.6. The molecule has 1 aliphatic rings. The molecule has 27 heavy (non-hydrogen) atoms. The van der Waals surface area contributed by atoms with E-state index in [-0.39, 0.29) is 5.41 Å². The number of fused-ring (bicyclic) bond motifs is 1. The summed E-state index contributed by atoms with van der Waals surface area (Å²) < 4.78 is 0. The largest absolute Gasteiger partial charge is 0.341 e. The third-order valence-electron chi connectivity index (χ3n) is 5.51. The van der Waals surface area contributed by atoms with Gasteiger partial charge >= 0.3 is 0 Å². The van der Waals surface area contributed by atoms with Crippen LogP contribution in [-0.4, -0.2) is 15.7 Å². The molecule has 4 aromatic rings. The van der Waals surface area contributed by atoms with Crippen molar-refractivity contribution in [2.75, 3.05) is 5.75 Å². The molecule has 134 valence electrons. The molecule has 5 rings (SSSR count). The summed E-state index contributed by atoms with van der Waals surface area (Å²) in [5.74, 6) is 2.20. The number of thioether (sulfide) groups is 1. The molecule has 0 atom stereocenters. The fraction of sp³-hybridized carbons (Fsp3) is 0.208. The molecule has 0 spiro atoms. The predicted molar refractivity (Wildman–Crippen MR) is 114 cm³/mol. The average Bonchev–Trinajstić information content (AvgIpc) is 3.42. The molecule has 3 heteroatoms. The number of nitrogens with zero attached hydrogens (tertiary/aromatic N) is 1. The zero-order valence-corrected chi connectivity index (χ0v) is 16.2. The Labute approximate surface area is 164 Å². The highest BCUT2D eigenvalue weighted by molar-refractivity contribution is 7.99. The molecule has 0 amide bonds. The van der Waals surface area contributed by atoms with Gasteiger partial charge in [-0.25, -0.2) is 4.98 Å². The molecular weight excluding hydrogens is 348 g/mol. The lowest BCUT2D eigenvalue weighted by atomic mass is 9.93. The monoisotopic (exact) mass is 370 g/mol. The number of aromatic amines is 1. The van der Waals surface area contributed by atoms with Crippen LogP contribution < -0.4 is 0 Å². The zero-order chi connectivity index (χ0) is 18.3. The SMILES string of the molecule is CCSc1ccc2nc(C3(c4ccc(-c5ccccc5)cc4)CC3)[nH]c2c1. The summed E-state index contributed by atoms with van der Waals surface area (Å²) in [6.45, 7) is 2.19. The van der Waals surface area contributed by atoms with Crippen molar-refractivity contribution in [2.24, 2.45) is 0 Å². The first-order chi connectivity index (χ1) is 13.3. The van der Waals surface area contributed by atoms with E-state index in [9.17, 15) is 0 Å². The molecule has 1 aromatic heterocycles. The Morgan fingerprint density at radius 1 is 0.926 bits per heavy atom. The van der Waals surface area contributed by atoms with E-state index in [0.29, 0.717) is 0 Å². The molecule has 2 nitrogen and oxygen atoms in total. The molecule has 0 unspecified atom stereocenters. The summed E-state index contributed by atoms with van der Waals surface area (Å²) in [5, 5.41) is 0. The molecule has 0 bridgehead atoms. The van der Waals surface area contributed by atoms with E-state index in [1.165, 1.54) is 21.6 Å². The van der Waals surface area contributed by atoms with Crippen molar-refractivity contribution in [3.05, 3.63) is 84.2 Å². The molecule has 1 heterocycles. The lowest BCUT2D eigenvalue weighted by Gasteiger charge is -2.13. The van der Waals surface area contributed by atoms with E-state index in [0.717, 1.165) is 35.5 Å². The van der Waals surface area contributed by atoms with Gasteiger partial charge in [0.05, 0.1) is 16.4 Å². The van der Waals surface area contributed by atoms with Gasteiger partial charge in [0.15, 0.2) is 0 Å². The van der Waals surface area contributed by atoms with Crippen LogP contribution >= 0.6 is 11.8 Å². The molecule has 1 saturated carbocycles. The molecule has 0 saturated heterocycles. The van der Waals surface area contributed by atoms with Crippen LogP contribution in [-0.2, 0) is 5.41 Å². The van der Waals surface area contributed by atoms with Crippen LogP contribution in [0, 0.1) is 0 Å². The van der Waals surface area contributed by atoms with Crippen LogP contribution in [0.25, 0.3) is 22.2 Å². The van der Waals surface area contributed by atoms with Gasteiger partial charge in [-0.15, -0.1) is 11.8 Å². The maximum absolute atomic E-state index is 4.94. The highest BCUT2D eigenvalue weighted by Crippen LogP contribution is 2.52. The minimum atomic E-state index is 0.0618. The fourth-order valence-electron chi connectivity index (χ4n) is 3.87. The number of hydrogen-bond donors (Lipinski definition) is 1. The van der Waals surface area contributed by atoms with Crippen molar-refractivity contribution in [1.82, 2.24) is 9.97 Å². The fourth-order valence-corrected chi connectivity index (χ4v) is 4.57. The Bertz CT molecular complexity index is 1080. The lowest BCUT2D eigenvalue weighted by Crippen LogP contribution is -2.10. The van der Waals surface area contributed by atoms with Crippen LogP contribution in [0.2, 0.25) is 0 Å². The van der Waals surface area contributed by atoms with Gasteiger partial charge in [0, 0.05) is 4.90 Å². The highest BCUT2D eigenvalue weighted by Gasteiger charge is 2.48. The second-order valence-electron chi connectivity index (χ2n) is 7.22. The van der Waals surface area contributed by atoms with E-state index >= 15 is 0 Å². The van der Waals surface area contributed by atoms with Crippen LogP contribution in [0.5, 0.6) is 0 Å². The molecule has 1 aliphatic carbocycles. The third-order valence-corrected chi connectivity index (χ3v) is 6.39. The van der Waals surface area contributed by atoms with Gasteiger partial charge < -0.3 is 4.98 Å². The summed E-state index contributed by atoms with van der Waals surface area (Å²) in [5.41, 5.74) is 6.17. The number of imidazole rings is 1. The highest BCUT2D eigenvalue weighted by atomic mass is 32.2. The minimum absolute atomic E-state index is 0.0618. The molecule has 3 aromatic carbocycles. The van der Waals surface area contributed by atoms with Crippen LogP contribution in [0.3, 0.4) is 0 Å². The normalized spacial score (nSPS) is 15.1. The Morgan fingerprint density at radius 3 is 2.37 bits per heavy atom. The van der Waals surface area contributed by atoms with Gasteiger partial charge in [-0.3, -0.25) is 0 Å². The summed E-state index contributed by atoms with van der Waals surface area (Å²) >= 11 is 1.87. The average molecular weight is 371 g/mol. The van der Waals surface area contributed by atoms with Crippen LogP contribution in [0.15, 0.2) is 77.7 Å². The second-order valence-corrected chi connectivity index (χ2v) is 8.56. The Hall–Kier alpha value is -2.52. The Balaban J connectivity index is 1.49. The van der Waals surface area contributed by atoms with Crippen molar-refractivity contribution >= 4 is 22.8 Å². The maximum atomic E-state index is 4.94. The van der Waals surface area contributed by atoms with Gasteiger partial charge in [0.25, 0.3) is 0 Å². The summed E-state index contributed by atoms with van der Waals surface area (Å²) in [6.07, 6.45) is 2.32. The standard InChI is InChI=1S/C24H22N2S/c1-2-27-20-12-13-21-22(16-20)26-23(25-21)24(14-15-24)19-10-8-18(9-11-19)17-6-4-3-5-7-17/h3-13,16H,2,14-15H2,1H3,(H,25,26). The van der Waals surface area contributed by atoms with E-state index in [1.54, 1.807) is 0 Å². The first-order valence-electron chi connectivity index (χ1n) is 9.57. The Morgan fingerprint density at radius 2 is 1.67 bits per heavy atom. The Kier molecular flexibility index (Phi) is 4.05. The van der Waals surface area contributed by atoms with E-state index in [4.69, 9.17) is 4.98 Å². The van der Waals surface area contributed by atoms with Gasteiger partial charge in [-0.1, -0.05) is 61.5 Å². The van der Waals surface area contributed by atoms with Crippen molar-refractivity contribution in [3.63, 3.8) is 0 Å². The lowest BCUT2D eigenvalue weighted by molar-refractivity contribution is 0.779. The number of rotatable bonds is 5. The van der Waals surface area contributed by atoms with Crippen molar-refractivity contribution in [1.29, 1.82) is 0 Å². The van der Waals surface area contributed by atoms with Gasteiger partial charge in [0.1, 0.15) is 5.82 Å². The van der Waals surface area contributed by atoms with Crippen LogP contribution in [0.1, 0.15) is 31.2 Å². The number of aromatic nitrogens is 2. The van der Waals surface area contributed by atoms with Crippen molar-refractivity contribution < 1.29 is 0 Å². The summed E-state index contributed by atoms with van der Waals surface area (Å²) in [4.78, 5) is 9.86. The molecule has 0 aliphatic heterocycles. The topological polar surface area (TPSA) is 28.7 Å². The molecule has 1 N–H and O–H groups in total. The second kappa shape index (κ2) is 6.58. The summed E-state index contributed by atoms with van der Waals surface area (Å²) in [6, 6.07) is 26.1. The third kappa shape index (κ3) is 2.96. The zero-order valence-electron chi connectivity index (χ0n) is 15.4. The van der Waals surface area contributed by atoms with E-state index in [1.807, 2.05) is 11.8 Å². The summed E-state index contributed by atoms with van der Waals surface area (Å²) in [7, 11) is 0. The minimum Gasteiger partial charge on any atom is -0.341 e. The quantitative estimate of drug-likeness (QED) is 0.411. The smallest absolute Gasteiger partial charge is 0.117 e. The maximum Gasteiger partial charge on any atom is 0.117 e. The predicted octanol–water partition coefficient (Wildman–Crippen LogP) is 6.42. The number of hydrogen-bond acceptors (Lipinski definition) is 2. The van der Waals surface area contributed by atoms with Crippen molar-refractivity contribution in [2.45, 2.75) is 30.1 Å². The molecule has 1 fully saturated rings. The van der Waals surface area contributed by atoms with Crippen molar-refractivity contribution in [3.8, 4) is 11.1 Å². The van der Waals surface area contributed by atoms with Crippen LogP contribution in [0.4, 0.5) is 0 Å². The van der Waals surface area contributed by atoms with Gasteiger partial charge in [-0.05, 0) is 53.5 Å². The number of nitrogens with one attached hydrogen (secondary N) is 1.